The molecule has 4 rings (SSSR count). The van der Waals surface area contributed by atoms with Crippen LogP contribution in [0, 0.1) is 16.0 Å². The number of thioether (sulfide) groups is 1. The lowest BCUT2D eigenvalue weighted by molar-refractivity contribution is -0.384. The van der Waals surface area contributed by atoms with Gasteiger partial charge in [0.25, 0.3) is 5.69 Å². The number of halogens is 1. The van der Waals surface area contributed by atoms with Crippen molar-refractivity contribution in [1.82, 2.24) is 9.97 Å². The van der Waals surface area contributed by atoms with Gasteiger partial charge in [0.05, 0.1) is 26.8 Å². The average molecular weight is 464 g/mol. The van der Waals surface area contributed by atoms with Gasteiger partial charge in [-0.1, -0.05) is 30.3 Å². The number of nitrogens with two attached hydrogens (primary N) is 1. The second-order valence-corrected chi connectivity index (χ2v) is 9.61. The lowest BCUT2D eigenvalue weighted by Gasteiger charge is -2.17. The number of carbonyl (C=O) groups excluding carboxylic acids is 1. The molecule has 0 saturated heterocycles. The molecule has 0 aliphatic heterocycles. The maximum atomic E-state index is 12.3. The number of nitrogens with zero attached hydrogens (tertiary/aromatic N) is 3. The van der Waals surface area contributed by atoms with Crippen LogP contribution >= 0.6 is 34.7 Å². The number of nitrogen functional groups attached to an aromatic ring is 1. The minimum absolute atomic E-state index is 0.0199. The molecule has 2 heterocycles. The Labute approximate surface area is 185 Å². The fourth-order valence-electron chi connectivity index (χ4n) is 3.45. The Morgan fingerprint density at radius 2 is 2.27 bits per heavy atom. The van der Waals surface area contributed by atoms with E-state index in [2.05, 4.69) is 22.2 Å². The van der Waals surface area contributed by atoms with Crippen LogP contribution in [-0.4, -0.2) is 26.6 Å². The number of thiophene rings is 1. The summed E-state index contributed by atoms with van der Waals surface area (Å²) >= 11 is 8.83. The molecule has 11 heteroatoms. The minimum Gasteiger partial charge on any atom is -0.383 e. The summed E-state index contributed by atoms with van der Waals surface area (Å²) < 4.78 is 0. The molecule has 2 aromatic heterocycles. The summed E-state index contributed by atoms with van der Waals surface area (Å²) in [5.74, 6) is 0.741. The zero-order valence-corrected chi connectivity index (χ0v) is 18.4. The van der Waals surface area contributed by atoms with Gasteiger partial charge in [0.1, 0.15) is 10.6 Å². The normalized spacial score (nSPS) is 15.7. The molecule has 0 radical (unpaired) electrons. The van der Waals surface area contributed by atoms with Crippen LogP contribution in [0.15, 0.2) is 23.4 Å². The van der Waals surface area contributed by atoms with E-state index in [4.69, 9.17) is 17.3 Å². The topological polar surface area (TPSA) is 124 Å². The number of nitrogens with one attached hydrogen (secondary N) is 1. The third kappa shape index (κ3) is 4.21. The number of fused-ring (bicyclic) bond motifs is 3. The molecule has 0 fully saturated rings. The number of nitro benzene ring substituents is 1. The van der Waals surface area contributed by atoms with Crippen LogP contribution in [0.1, 0.15) is 23.8 Å². The van der Waals surface area contributed by atoms with Crippen LogP contribution in [0.25, 0.3) is 10.2 Å². The standard InChI is InChI=1S/C19H18ClN5O3S2/c1-9-2-4-11-14(6-9)30-18-16(11)17(21)23-19(24-18)29-8-15(26)22-13-7-10(25(27)28)3-5-12(13)20/h3,5,7,9H,2,4,6,8H2,1H3,(H,22,26)(H2,21,23,24). The van der Waals surface area contributed by atoms with E-state index in [1.165, 1.54) is 28.6 Å². The summed E-state index contributed by atoms with van der Waals surface area (Å²) in [6, 6.07) is 3.88. The third-order valence-corrected chi connectivity index (χ3v) is 7.25. The first-order valence-corrected chi connectivity index (χ1v) is 11.4. The smallest absolute Gasteiger partial charge is 0.271 e. The Kier molecular flexibility index (Phi) is 5.81. The quantitative estimate of drug-likeness (QED) is 0.243. The highest BCUT2D eigenvalue weighted by molar-refractivity contribution is 7.99. The van der Waals surface area contributed by atoms with Crippen LogP contribution in [0.5, 0.6) is 0 Å². The number of rotatable bonds is 5. The van der Waals surface area contributed by atoms with Crippen molar-refractivity contribution in [2.45, 2.75) is 31.3 Å². The number of anilines is 2. The maximum absolute atomic E-state index is 12.3. The highest BCUT2D eigenvalue weighted by Crippen LogP contribution is 2.40. The summed E-state index contributed by atoms with van der Waals surface area (Å²) in [5, 5.41) is 15.1. The van der Waals surface area contributed by atoms with Crippen molar-refractivity contribution in [2.75, 3.05) is 16.8 Å². The first-order valence-electron chi connectivity index (χ1n) is 9.26. The highest BCUT2D eigenvalue weighted by atomic mass is 35.5. The molecule has 1 aromatic carbocycles. The van der Waals surface area contributed by atoms with Gasteiger partial charge >= 0.3 is 0 Å². The Bertz CT molecular complexity index is 1170. The monoisotopic (exact) mass is 463 g/mol. The van der Waals surface area contributed by atoms with Crippen LogP contribution in [0.4, 0.5) is 17.2 Å². The molecule has 8 nitrogen and oxygen atoms in total. The fourth-order valence-corrected chi connectivity index (χ4v) is 5.72. The number of non-ortho nitro benzene ring substituents is 1. The van der Waals surface area contributed by atoms with Crippen LogP contribution < -0.4 is 11.1 Å². The van der Waals surface area contributed by atoms with Gasteiger partial charge in [-0.25, -0.2) is 9.97 Å². The van der Waals surface area contributed by atoms with Crippen molar-refractivity contribution >= 4 is 68.0 Å². The van der Waals surface area contributed by atoms with E-state index in [1.54, 1.807) is 11.3 Å². The van der Waals surface area contributed by atoms with Crippen molar-refractivity contribution in [1.29, 1.82) is 0 Å². The van der Waals surface area contributed by atoms with Gasteiger partial charge in [-0.05, 0) is 36.8 Å². The first kappa shape index (κ1) is 20.8. The van der Waals surface area contributed by atoms with Gasteiger partial charge in [0, 0.05) is 17.0 Å². The number of benzene rings is 1. The van der Waals surface area contributed by atoms with Crippen molar-refractivity contribution in [3.63, 3.8) is 0 Å². The molecular weight excluding hydrogens is 446 g/mol. The number of carbonyl (C=O) groups is 1. The van der Waals surface area contributed by atoms with E-state index < -0.39 is 4.92 Å². The van der Waals surface area contributed by atoms with E-state index >= 15 is 0 Å². The number of hydrogen-bond acceptors (Lipinski definition) is 8. The second kappa shape index (κ2) is 8.37. The number of aromatic nitrogens is 2. The number of nitro groups is 1. The van der Waals surface area contributed by atoms with E-state index in [9.17, 15) is 14.9 Å². The fraction of sp³-hybridized carbons (Fsp3) is 0.316. The van der Waals surface area contributed by atoms with E-state index in [-0.39, 0.29) is 28.1 Å². The SMILES string of the molecule is CC1CCc2c(sc3nc(SCC(=O)Nc4cc([N+](=O)[O-])ccc4Cl)nc(N)c23)C1. The lowest BCUT2D eigenvalue weighted by Crippen LogP contribution is -2.15. The lowest BCUT2D eigenvalue weighted by atomic mass is 9.89. The predicted molar refractivity (Wildman–Crippen MR) is 120 cm³/mol. The zero-order chi connectivity index (χ0) is 21.4. The Hall–Kier alpha value is -2.43. The largest absolute Gasteiger partial charge is 0.383 e. The summed E-state index contributed by atoms with van der Waals surface area (Å²) in [6.45, 7) is 2.25. The minimum atomic E-state index is -0.548. The molecule has 156 valence electrons. The molecule has 1 aliphatic carbocycles. The number of amides is 1. The molecule has 0 saturated carbocycles. The summed E-state index contributed by atoms with van der Waals surface area (Å²) in [4.78, 5) is 33.8. The molecule has 0 spiro atoms. The second-order valence-electron chi connectivity index (χ2n) is 7.18. The van der Waals surface area contributed by atoms with Gasteiger partial charge in [0.2, 0.25) is 5.91 Å². The van der Waals surface area contributed by atoms with Crippen LogP contribution in [0.3, 0.4) is 0 Å². The molecule has 1 atom stereocenters. The van der Waals surface area contributed by atoms with Gasteiger partial charge < -0.3 is 11.1 Å². The van der Waals surface area contributed by atoms with E-state index in [0.717, 1.165) is 41.2 Å². The molecule has 1 aliphatic rings. The van der Waals surface area contributed by atoms with Gasteiger partial charge in [-0.3, -0.25) is 14.9 Å². The molecule has 30 heavy (non-hydrogen) atoms. The molecule has 0 bridgehead atoms. The summed E-state index contributed by atoms with van der Waals surface area (Å²) in [6.07, 6.45) is 3.16. The van der Waals surface area contributed by atoms with Gasteiger partial charge in [-0.2, -0.15) is 0 Å². The predicted octanol–water partition coefficient (Wildman–Crippen LogP) is 4.69. The van der Waals surface area contributed by atoms with Crippen molar-refractivity contribution in [3.05, 3.63) is 43.8 Å². The molecular formula is C19H18ClN5O3S2. The average Bonchev–Trinajstić information content (AvgIpc) is 3.05. The third-order valence-electron chi connectivity index (χ3n) is 4.93. The molecule has 1 unspecified atom stereocenters. The van der Waals surface area contributed by atoms with E-state index in [0.29, 0.717) is 16.9 Å². The molecule has 1 amide bonds. The zero-order valence-electron chi connectivity index (χ0n) is 16.0. The van der Waals surface area contributed by atoms with Crippen LogP contribution in [-0.2, 0) is 17.6 Å². The van der Waals surface area contributed by atoms with Crippen LogP contribution in [0.2, 0.25) is 5.02 Å². The number of hydrogen-bond donors (Lipinski definition) is 2. The number of aryl methyl sites for hydroxylation is 1. The Morgan fingerprint density at radius 1 is 1.47 bits per heavy atom. The Morgan fingerprint density at radius 3 is 3.03 bits per heavy atom. The van der Waals surface area contributed by atoms with Gasteiger partial charge in [0.15, 0.2) is 5.16 Å². The molecule has 3 N–H and O–H groups in total. The van der Waals surface area contributed by atoms with Gasteiger partial charge in [-0.15, -0.1) is 11.3 Å². The summed E-state index contributed by atoms with van der Waals surface area (Å²) in [7, 11) is 0. The van der Waals surface area contributed by atoms with E-state index in [1.807, 2.05) is 0 Å². The van der Waals surface area contributed by atoms with Crippen molar-refractivity contribution < 1.29 is 9.72 Å². The maximum Gasteiger partial charge on any atom is 0.271 e. The first-order chi connectivity index (χ1) is 14.3. The van der Waals surface area contributed by atoms with Crippen molar-refractivity contribution in [3.8, 4) is 0 Å². The van der Waals surface area contributed by atoms with Crippen molar-refractivity contribution in [2.24, 2.45) is 5.92 Å². The molecule has 3 aromatic rings. The highest BCUT2D eigenvalue weighted by Gasteiger charge is 2.23. The Balaban J connectivity index is 1.48. The summed E-state index contributed by atoms with van der Waals surface area (Å²) in [5.41, 5.74) is 7.51.